The van der Waals surface area contributed by atoms with E-state index < -0.39 is 14.9 Å². The minimum absolute atomic E-state index is 0.129. The SMILES string of the molecule is COc1cc(NC(=O)c2ccccc2)c(C)cc1NS(=O)(=O)c1cccc([N+](=O)[O-])c1. The number of non-ortho nitro benzene ring substituents is 1. The fraction of sp³-hybridized carbons (Fsp3) is 0.0952. The molecule has 0 spiro atoms. The topological polar surface area (TPSA) is 128 Å². The molecule has 10 heteroatoms. The number of carbonyl (C=O) groups is 1. The molecule has 0 radical (unpaired) electrons. The molecule has 0 bridgehead atoms. The van der Waals surface area contributed by atoms with E-state index in [4.69, 9.17) is 4.74 Å². The van der Waals surface area contributed by atoms with Crippen LogP contribution in [-0.2, 0) is 10.0 Å². The van der Waals surface area contributed by atoms with Crippen LogP contribution in [0.1, 0.15) is 15.9 Å². The molecule has 3 aromatic rings. The van der Waals surface area contributed by atoms with Crippen LogP contribution < -0.4 is 14.8 Å². The molecule has 0 fully saturated rings. The van der Waals surface area contributed by atoms with E-state index >= 15 is 0 Å². The smallest absolute Gasteiger partial charge is 0.270 e. The van der Waals surface area contributed by atoms with Gasteiger partial charge in [0.05, 0.1) is 22.6 Å². The number of methoxy groups -OCH3 is 1. The summed E-state index contributed by atoms with van der Waals surface area (Å²) in [6.45, 7) is 1.70. The number of amides is 1. The van der Waals surface area contributed by atoms with Crippen LogP contribution >= 0.6 is 0 Å². The first-order valence-electron chi connectivity index (χ1n) is 9.03. The molecule has 3 aromatic carbocycles. The molecular formula is C21H19N3O6S. The molecule has 0 aliphatic carbocycles. The van der Waals surface area contributed by atoms with E-state index in [1.165, 1.54) is 37.4 Å². The summed E-state index contributed by atoms with van der Waals surface area (Å²) >= 11 is 0. The zero-order valence-electron chi connectivity index (χ0n) is 16.7. The third-order valence-electron chi connectivity index (χ3n) is 4.41. The number of nitro benzene ring substituents is 1. The molecule has 2 N–H and O–H groups in total. The van der Waals surface area contributed by atoms with E-state index in [1.807, 2.05) is 0 Å². The Morgan fingerprint density at radius 2 is 1.71 bits per heavy atom. The number of ether oxygens (including phenoxy) is 1. The van der Waals surface area contributed by atoms with Gasteiger partial charge >= 0.3 is 0 Å². The molecule has 31 heavy (non-hydrogen) atoms. The molecule has 9 nitrogen and oxygen atoms in total. The van der Waals surface area contributed by atoms with Crippen LogP contribution in [-0.4, -0.2) is 26.4 Å². The van der Waals surface area contributed by atoms with Gasteiger partial charge in [-0.15, -0.1) is 0 Å². The molecule has 0 atom stereocenters. The summed E-state index contributed by atoms with van der Waals surface area (Å²) in [5.41, 5.74) is 1.29. The van der Waals surface area contributed by atoms with E-state index in [0.717, 1.165) is 6.07 Å². The number of aryl methyl sites for hydroxylation is 1. The van der Waals surface area contributed by atoms with Gasteiger partial charge in [-0.2, -0.15) is 0 Å². The number of hydrogen-bond donors (Lipinski definition) is 2. The molecular weight excluding hydrogens is 422 g/mol. The van der Waals surface area contributed by atoms with Gasteiger partial charge in [0.1, 0.15) is 5.75 Å². The lowest BCUT2D eigenvalue weighted by Gasteiger charge is -2.16. The van der Waals surface area contributed by atoms with E-state index in [9.17, 15) is 23.3 Å². The Balaban J connectivity index is 1.90. The van der Waals surface area contributed by atoms with E-state index in [1.54, 1.807) is 37.3 Å². The Morgan fingerprint density at radius 1 is 1.00 bits per heavy atom. The van der Waals surface area contributed by atoms with Crippen molar-refractivity contribution in [3.8, 4) is 5.75 Å². The summed E-state index contributed by atoms with van der Waals surface area (Å²) < 4.78 is 33.2. The quantitative estimate of drug-likeness (QED) is 0.422. The molecule has 0 saturated heterocycles. The minimum Gasteiger partial charge on any atom is -0.494 e. The second-order valence-electron chi connectivity index (χ2n) is 6.55. The van der Waals surface area contributed by atoms with Crippen LogP contribution in [0.2, 0.25) is 0 Å². The van der Waals surface area contributed by atoms with Crippen LogP contribution in [0.5, 0.6) is 5.75 Å². The summed E-state index contributed by atoms with van der Waals surface area (Å²) in [4.78, 5) is 22.4. The summed E-state index contributed by atoms with van der Waals surface area (Å²) in [6.07, 6.45) is 0. The Hall–Kier alpha value is -3.92. The molecule has 0 aliphatic heterocycles. The molecule has 0 saturated carbocycles. The Bertz CT molecular complexity index is 1240. The maximum Gasteiger partial charge on any atom is 0.270 e. The van der Waals surface area contributed by atoms with E-state index in [0.29, 0.717) is 16.8 Å². The lowest BCUT2D eigenvalue weighted by Crippen LogP contribution is -2.15. The average molecular weight is 441 g/mol. The maximum absolute atomic E-state index is 12.7. The number of nitrogens with one attached hydrogen (secondary N) is 2. The second kappa shape index (κ2) is 8.84. The van der Waals surface area contributed by atoms with Gasteiger partial charge in [-0.1, -0.05) is 24.3 Å². The molecule has 1 amide bonds. The van der Waals surface area contributed by atoms with E-state index in [2.05, 4.69) is 10.0 Å². The number of benzene rings is 3. The number of sulfonamides is 1. The van der Waals surface area contributed by atoms with Crippen LogP contribution in [0, 0.1) is 17.0 Å². The van der Waals surface area contributed by atoms with Gasteiger partial charge in [0.15, 0.2) is 0 Å². The Labute approximate surface area is 178 Å². The first-order valence-corrected chi connectivity index (χ1v) is 10.5. The van der Waals surface area contributed by atoms with Crippen molar-refractivity contribution in [1.82, 2.24) is 0 Å². The minimum atomic E-state index is -4.12. The molecule has 0 heterocycles. The van der Waals surface area contributed by atoms with Gasteiger partial charge < -0.3 is 10.1 Å². The largest absolute Gasteiger partial charge is 0.494 e. The fourth-order valence-corrected chi connectivity index (χ4v) is 3.92. The highest BCUT2D eigenvalue weighted by atomic mass is 32.2. The van der Waals surface area contributed by atoms with Crippen molar-refractivity contribution in [3.63, 3.8) is 0 Å². The third kappa shape index (κ3) is 4.98. The van der Waals surface area contributed by atoms with Crippen molar-refractivity contribution in [2.75, 3.05) is 17.1 Å². The maximum atomic E-state index is 12.7. The van der Waals surface area contributed by atoms with Crippen LogP contribution in [0.15, 0.2) is 71.6 Å². The highest BCUT2D eigenvalue weighted by Gasteiger charge is 2.21. The Kier molecular flexibility index (Phi) is 6.21. The van der Waals surface area contributed by atoms with Crippen molar-refractivity contribution in [3.05, 3.63) is 88.0 Å². The van der Waals surface area contributed by atoms with Gasteiger partial charge in [0.25, 0.3) is 21.6 Å². The molecule has 0 unspecified atom stereocenters. The lowest BCUT2D eigenvalue weighted by molar-refractivity contribution is -0.385. The monoisotopic (exact) mass is 441 g/mol. The zero-order chi connectivity index (χ0) is 22.6. The van der Waals surface area contributed by atoms with Crippen LogP contribution in [0.25, 0.3) is 0 Å². The van der Waals surface area contributed by atoms with Gasteiger partial charge in [0, 0.05) is 29.4 Å². The van der Waals surface area contributed by atoms with Gasteiger partial charge in [-0.3, -0.25) is 19.6 Å². The number of hydrogen-bond acceptors (Lipinski definition) is 6. The number of nitrogens with zero attached hydrogens (tertiary/aromatic N) is 1. The molecule has 3 rings (SSSR count). The lowest BCUT2D eigenvalue weighted by atomic mass is 10.1. The summed E-state index contributed by atoms with van der Waals surface area (Å²) in [7, 11) is -2.76. The van der Waals surface area contributed by atoms with E-state index in [-0.39, 0.29) is 27.9 Å². The first kappa shape index (κ1) is 21.8. The normalized spacial score (nSPS) is 10.9. The van der Waals surface area contributed by atoms with Crippen LogP contribution in [0.4, 0.5) is 17.1 Å². The number of rotatable bonds is 7. The van der Waals surface area contributed by atoms with Crippen molar-refractivity contribution in [1.29, 1.82) is 0 Å². The summed E-state index contributed by atoms with van der Waals surface area (Å²) in [6, 6.07) is 16.4. The van der Waals surface area contributed by atoms with Gasteiger partial charge in [-0.05, 0) is 36.8 Å². The van der Waals surface area contributed by atoms with Crippen molar-refractivity contribution >= 4 is 33.0 Å². The predicted octanol–water partition coefficient (Wildman–Crippen LogP) is 3.96. The predicted molar refractivity (Wildman–Crippen MR) is 116 cm³/mol. The summed E-state index contributed by atoms with van der Waals surface area (Å²) in [5.74, 6) is -0.154. The van der Waals surface area contributed by atoms with Crippen molar-refractivity contribution in [2.24, 2.45) is 0 Å². The van der Waals surface area contributed by atoms with Gasteiger partial charge in [-0.25, -0.2) is 8.42 Å². The molecule has 0 aromatic heterocycles. The first-order chi connectivity index (χ1) is 14.7. The number of carbonyl (C=O) groups excluding carboxylic acids is 1. The highest BCUT2D eigenvalue weighted by Crippen LogP contribution is 2.33. The molecule has 160 valence electrons. The second-order valence-corrected chi connectivity index (χ2v) is 8.23. The third-order valence-corrected chi connectivity index (χ3v) is 5.78. The fourth-order valence-electron chi connectivity index (χ4n) is 2.82. The average Bonchev–Trinajstić information content (AvgIpc) is 2.76. The molecule has 0 aliphatic rings. The number of nitro groups is 1. The van der Waals surface area contributed by atoms with Gasteiger partial charge in [0.2, 0.25) is 0 Å². The summed E-state index contributed by atoms with van der Waals surface area (Å²) in [5, 5.41) is 13.7. The standard InChI is InChI=1S/C21H19N3O6S/c1-14-11-19(23-31(28,29)17-10-6-9-16(12-17)24(26)27)20(30-2)13-18(14)22-21(25)15-7-4-3-5-8-15/h3-13,23H,1-2H3,(H,22,25). The van der Waals surface area contributed by atoms with Crippen LogP contribution in [0.3, 0.4) is 0 Å². The zero-order valence-corrected chi connectivity index (χ0v) is 17.5. The van der Waals surface area contributed by atoms with Crippen molar-refractivity contribution < 1.29 is 22.9 Å². The number of anilines is 2. The highest BCUT2D eigenvalue weighted by molar-refractivity contribution is 7.92. The van der Waals surface area contributed by atoms with Crippen molar-refractivity contribution in [2.45, 2.75) is 11.8 Å². The Morgan fingerprint density at radius 3 is 2.35 bits per heavy atom.